The Morgan fingerprint density at radius 2 is 1.82 bits per heavy atom. The van der Waals surface area contributed by atoms with Crippen molar-refractivity contribution in [1.82, 2.24) is 0 Å². The van der Waals surface area contributed by atoms with Crippen LogP contribution < -0.4 is 0 Å². The molecular weight excluding hydrogens is 216 g/mol. The van der Waals surface area contributed by atoms with Gasteiger partial charge < -0.3 is 4.42 Å². The highest BCUT2D eigenvalue weighted by Gasteiger charge is 2.07. The van der Waals surface area contributed by atoms with Crippen LogP contribution in [0, 0.1) is 0 Å². The standard InChI is InChI=1S/C14H20O3/c1-2-12(15)8-5-3-4-6-9-13(16)14-10-7-11-17-14/h7,10-11H,2-6,8-9H2,1H3. The average molecular weight is 236 g/mol. The first-order valence-electron chi connectivity index (χ1n) is 6.32. The molecule has 0 atom stereocenters. The van der Waals surface area contributed by atoms with E-state index in [2.05, 4.69) is 0 Å². The van der Waals surface area contributed by atoms with Crippen molar-refractivity contribution >= 4 is 11.6 Å². The maximum Gasteiger partial charge on any atom is 0.197 e. The largest absolute Gasteiger partial charge is 0.461 e. The number of carbonyl (C=O) groups is 2. The predicted molar refractivity (Wildman–Crippen MR) is 66.0 cm³/mol. The van der Waals surface area contributed by atoms with Crippen molar-refractivity contribution in [2.75, 3.05) is 0 Å². The number of hydrogen-bond donors (Lipinski definition) is 0. The normalized spacial score (nSPS) is 10.4. The summed E-state index contributed by atoms with van der Waals surface area (Å²) in [7, 11) is 0. The fourth-order valence-corrected chi connectivity index (χ4v) is 1.70. The van der Waals surface area contributed by atoms with Gasteiger partial charge in [-0.1, -0.05) is 19.8 Å². The summed E-state index contributed by atoms with van der Waals surface area (Å²) < 4.78 is 5.03. The molecule has 0 unspecified atom stereocenters. The molecule has 0 saturated heterocycles. The lowest BCUT2D eigenvalue weighted by Gasteiger charge is -1.99. The van der Waals surface area contributed by atoms with Crippen LogP contribution >= 0.6 is 0 Å². The molecule has 0 N–H and O–H groups in total. The van der Waals surface area contributed by atoms with Crippen LogP contribution in [0.3, 0.4) is 0 Å². The number of hydrogen-bond acceptors (Lipinski definition) is 3. The topological polar surface area (TPSA) is 47.3 Å². The van der Waals surface area contributed by atoms with Crippen molar-refractivity contribution in [3.05, 3.63) is 24.2 Å². The third kappa shape index (κ3) is 5.48. The van der Waals surface area contributed by atoms with E-state index in [1.807, 2.05) is 6.92 Å². The minimum absolute atomic E-state index is 0.0691. The Labute approximate surface area is 102 Å². The van der Waals surface area contributed by atoms with Gasteiger partial charge >= 0.3 is 0 Å². The number of rotatable bonds is 9. The summed E-state index contributed by atoms with van der Waals surface area (Å²) in [6.07, 6.45) is 7.22. The van der Waals surface area contributed by atoms with Crippen molar-refractivity contribution in [2.24, 2.45) is 0 Å². The Balaban J connectivity index is 2.01. The Morgan fingerprint density at radius 1 is 1.12 bits per heavy atom. The van der Waals surface area contributed by atoms with E-state index in [1.165, 1.54) is 6.26 Å². The van der Waals surface area contributed by atoms with E-state index in [1.54, 1.807) is 12.1 Å². The van der Waals surface area contributed by atoms with Gasteiger partial charge in [0.2, 0.25) is 0 Å². The van der Waals surface area contributed by atoms with Gasteiger partial charge in [0.15, 0.2) is 11.5 Å². The molecule has 0 aliphatic rings. The van der Waals surface area contributed by atoms with Gasteiger partial charge in [-0.3, -0.25) is 9.59 Å². The molecule has 0 aromatic carbocycles. The van der Waals surface area contributed by atoms with Crippen LogP contribution in [0.5, 0.6) is 0 Å². The SMILES string of the molecule is CCC(=O)CCCCCCC(=O)c1ccco1. The zero-order chi connectivity index (χ0) is 12.5. The van der Waals surface area contributed by atoms with E-state index in [9.17, 15) is 9.59 Å². The molecule has 3 heteroatoms. The summed E-state index contributed by atoms with van der Waals surface area (Å²) in [6, 6.07) is 3.42. The predicted octanol–water partition coefficient (Wildman–Crippen LogP) is 3.78. The van der Waals surface area contributed by atoms with Gasteiger partial charge in [0, 0.05) is 19.3 Å². The molecule has 3 nitrogen and oxygen atoms in total. The summed E-state index contributed by atoms with van der Waals surface area (Å²) in [5.41, 5.74) is 0. The number of Topliss-reactive ketones (excluding diaryl/α,β-unsaturated/α-hetero) is 2. The van der Waals surface area contributed by atoms with Gasteiger partial charge in [-0.05, 0) is 25.0 Å². The molecule has 0 amide bonds. The van der Waals surface area contributed by atoms with Crippen LogP contribution in [0.4, 0.5) is 0 Å². The average Bonchev–Trinajstić information content (AvgIpc) is 2.86. The number of unbranched alkanes of at least 4 members (excludes halogenated alkanes) is 3. The van der Waals surface area contributed by atoms with Crippen LogP contribution in [0.2, 0.25) is 0 Å². The molecule has 0 radical (unpaired) electrons. The Kier molecular flexibility index (Phi) is 6.30. The molecule has 0 spiro atoms. The van der Waals surface area contributed by atoms with Gasteiger partial charge in [0.05, 0.1) is 6.26 Å². The van der Waals surface area contributed by atoms with Crippen molar-refractivity contribution in [3.63, 3.8) is 0 Å². The highest BCUT2D eigenvalue weighted by Crippen LogP contribution is 2.10. The van der Waals surface area contributed by atoms with E-state index < -0.39 is 0 Å². The monoisotopic (exact) mass is 236 g/mol. The quantitative estimate of drug-likeness (QED) is 0.484. The summed E-state index contributed by atoms with van der Waals surface area (Å²) in [5, 5.41) is 0. The van der Waals surface area contributed by atoms with Crippen LogP contribution in [0.25, 0.3) is 0 Å². The van der Waals surface area contributed by atoms with Gasteiger partial charge in [0.25, 0.3) is 0 Å². The molecule has 1 rings (SSSR count). The lowest BCUT2D eigenvalue weighted by Crippen LogP contribution is -1.97. The molecule has 0 aliphatic heterocycles. The minimum atomic E-state index is 0.0691. The number of furan rings is 1. The second kappa shape index (κ2) is 7.82. The fraction of sp³-hybridized carbons (Fsp3) is 0.571. The Morgan fingerprint density at radius 3 is 2.41 bits per heavy atom. The van der Waals surface area contributed by atoms with Gasteiger partial charge in [-0.25, -0.2) is 0 Å². The molecule has 1 heterocycles. The van der Waals surface area contributed by atoms with Gasteiger partial charge in [-0.2, -0.15) is 0 Å². The first kappa shape index (κ1) is 13.7. The number of ketones is 2. The van der Waals surface area contributed by atoms with E-state index in [4.69, 9.17) is 4.42 Å². The lowest BCUT2D eigenvalue weighted by molar-refractivity contribution is -0.118. The molecule has 1 aromatic heterocycles. The summed E-state index contributed by atoms with van der Waals surface area (Å²) >= 11 is 0. The molecule has 0 fully saturated rings. The third-order valence-corrected chi connectivity index (χ3v) is 2.80. The highest BCUT2D eigenvalue weighted by atomic mass is 16.3. The molecule has 17 heavy (non-hydrogen) atoms. The van der Waals surface area contributed by atoms with E-state index in [0.29, 0.717) is 30.8 Å². The van der Waals surface area contributed by atoms with Crippen molar-refractivity contribution in [3.8, 4) is 0 Å². The summed E-state index contributed by atoms with van der Waals surface area (Å²) in [4.78, 5) is 22.6. The second-order valence-corrected chi connectivity index (χ2v) is 4.21. The molecule has 94 valence electrons. The Bertz CT molecular complexity index is 338. The molecule has 0 aliphatic carbocycles. The van der Waals surface area contributed by atoms with Crippen molar-refractivity contribution in [2.45, 2.75) is 51.9 Å². The molecular formula is C14H20O3. The fourth-order valence-electron chi connectivity index (χ4n) is 1.70. The highest BCUT2D eigenvalue weighted by molar-refractivity contribution is 5.93. The van der Waals surface area contributed by atoms with Crippen LogP contribution in [0.15, 0.2) is 22.8 Å². The zero-order valence-corrected chi connectivity index (χ0v) is 10.4. The third-order valence-electron chi connectivity index (χ3n) is 2.80. The van der Waals surface area contributed by atoms with Crippen molar-refractivity contribution in [1.29, 1.82) is 0 Å². The Hall–Kier alpha value is -1.38. The first-order chi connectivity index (χ1) is 8.24. The molecule has 0 bridgehead atoms. The summed E-state index contributed by atoms with van der Waals surface area (Å²) in [5.74, 6) is 0.849. The smallest absolute Gasteiger partial charge is 0.197 e. The zero-order valence-electron chi connectivity index (χ0n) is 10.4. The molecule has 1 aromatic rings. The van der Waals surface area contributed by atoms with E-state index in [-0.39, 0.29) is 5.78 Å². The first-order valence-corrected chi connectivity index (χ1v) is 6.32. The van der Waals surface area contributed by atoms with Gasteiger partial charge in [0.1, 0.15) is 5.78 Å². The number of carbonyl (C=O) groups excluding carboxylic acids is 2. The van der Waals surface area contributed by atoms with Crippen molar-refractivity contribution < 1.29 is 14.0 Å². The second-order valence-electron chi connectivity index (χ2n) is 4.21. The maximum absolute atomic E-state index is 11.5. The van der Waals surface area contributed by atoms with Crippen LogP contribution in [-0.2, 0) is 4.79 Å². The minimum Gasteiger partial charge on any atom is -0.461 e. The van der Waals surface area contributed by atoms with Crippen LogP contribution in [-0.4, -0.2) is 11.6 Å². The van der Waals surface area contributed by atoms with Crippen LogP contribution in [0.1, 0.15) is 62.4 Å². The van der Waals surface area contributed by atoms with E-state index >= 15 is 0 Å². The van der Waals surface area contributed by atoms with E-state index in [0.717, 1.165) is 25.7 Å². The molecule has 0 saturated carbocycles. The summed E-state index contributed by atoms with van der Waals surface area (Å²) in [6.45, 7) is 1.89. The maximum atomic E-state index is 11.5. The lowest BCUT2D eigenvalue weighted by atomic mass is 10.1. The van der Waals surface area contributed by atoms with Gasteiger partial charge in [-0.15, -0.1) is 0 Å².